The van der Waals surface area contributed by atoms with Crippen LogP contribution in [0.3, 0.4) is 0 Å². The first-order valence-corrected chi connectivity index (χ1v) is 9.37. The van der Waals surface area contributed by atoms with Crippen LogP contribution in [0.1, 0.15) is 19.4 Å². The summed E-state index contributed by atoms with van der Waals surface area (Å²) in [6.45, 7) is 9.16. The van der Waals surface area contributed by atoms with E-state index in [0.29, 0.717) is 50.9 Å². The highest BCUT2D eigenvalue weighted by atomic mass is 16.5. The summed E-state index contributed by atoms with van der Waals surface area (Å²) < 4.78 is 10.8. The average molecular weight is 376 g/mol. The second kappa shape index (κ2) is 8.58. The maximum absolute atomic E-state index is 12.6. The molecule has 2 atom stereocenters. The Morgan fingerprint density at radius 3 is 2.07 bits per heavy atom. The quantitative estimate of drug-likeness (QED) is 0.831. The smallest absolute Gasteiger partial charge is 0.322 e. The first-order chi connectivity index (χ1) is 13.0. The normalized spacial score (nSPS) is 23.1. The third-order valence-corrected chi connectivity index (χ3v) is 4.99. The fourth-order valence-electron chi connectivity index (χ4n) is 3.27. The Bertz CT molecular complexity index is 696. The van der Waals surface area contributed by atoms with E-state index in [1.165, 1.54) is 0 Å². The summed E-state index contributed by atoms with van der Waals surface area (Å²) in [5.74, 6) is 0. The Labute approximate surface area is 159 Å². The van der Waals surface area contributed by atoms with E-state index < -0.39 is 0 Å². The summed E-state index contributed by atoms with van der Waals surface area (Å²) in [4.78, 5) is 28.7. The number of amides is 4. The average Bonchev–Trinajstić information content (AvgIpc) is 2.65. The first-order valence-electron chi connectivity index (χ1n) is 9.37. The number of anilines is 2. The van der Waals surface area contributed by atoms with E-state index >= 15 is 0 Å². The SMILES string of the molecule is Cc1ccc(NC(=O)N2CCOC[C@@H]2C)cc1NC(=O)N1CCOC[C@H]1C. The van der Waals surface area contributed by atoms with Crippen LogP contribution in [0.25, 0.3) is 0 Å². The highest BCUT2D eigenvalue weighted by Gasteiger charge is 2.25. The minimum atomic E-state index is -0.159. The Kier molecular flexibility index (Phi) is 6.18. The zero-order valence-corrected chi connectivity index (χ0v) is 16.2. The minimum Gasteiger partial charge on any atom is -0.377 e. The molecule has 2 aliphatic rings. The second-order valence-corrected chi connectivity index (χ2v) is 7.12. The van der Waals surface area contributed by atoms with Gasteiger partial charge in [-0.05, 0) is 38.5 Å². The summed E-state index contributed by atoms with van der Waals surface area (Å²) in [6, 6.07) is 5.27. The Morgan fingerprint density at radius 1 is 0.963 bits per heavy atom. The van der Waals surface area contributed by atoms with Gasteiger partial charge in [-0.1, -0.05) is 6.07 Å². The van der Waals surface area contributed by atoms with E-state index in [9.17, 15) is 9.59 Å². The van der Waals surface area contributed by atoms with Crippen LogP contribution in [0.2, 0.25) is 0 Å². The number of hydrogen-bond acceptors (Lipinski definition) is 4. The van der Waals surface area contributed by atoms with E-state index in [4.69, 9.17) is 9.47 Å². The molecule has 27 heavy (non-hydrogen) atoms. The van der Waals surface area contributed by atoms with Crippen LogP contribution in [0.15, 0.2) is 18.2 Å². The molecule has 0 aliphatic carbocycles. The number of rotatable bonds is 2. The van der Waals surface area contributed by atoms with Gasteiger partial charge in [-0.2, -0.15) is 0 Å². The van der Waals surface area contributed by atoms with Gasteiger partial charge in [0.25, 0.3) is 0 Å². The molecule has 2 saturated heterocycles. The molecule has 0 radical (unpaired) electrons. The number of nitrogens with zero attached hydrogens (tertiary/aromatic N) is 2. The molecule has 2 aliphatic heterocycles. The Hall–Kier alpha value is -2.32. The monoisotopic (exact) mass is 376 g/mol. The lowest BCUT2D eigenvalue weighted by atomic mass is 10.1. The molecule has 8 heteroatoms. The molecule has 3 rings (SSSR count). The summed E-state index contributed by atoms with van der Waals surface area (Å²) in [5, 5.41) is 5.88. The van der Waals surface area contributed by atoms with Crippen molar-refractivity contribution >= 4 is 23.4 Å². The summed E-state index contributed by atoms with van der Waals surface area (Å²) in [5.41, 5.74) is 2.27. The molecule has 4 amide bonds. The van der Waals surface area contributed by atoms with Gasteiger partial charge in [0, 0.05) is 24.5 Å². The van der Waals surface area contributed by atoms with Gasteiger partial charge in [0.15, 0.2) is 0 Å². The van der Waals surface area contributed by atoms with Crippen LogP contribution < -0.4 is 10.6 Å². The lowest BCUT2D eigenvalue weighted by Gasteiger charge is -2.33. The van der Waals surface area contributed by atoms with Crippen LogP contribution in [-0.4, -0.2) is 73.5 Å². The molecule has 0 spiro atoms. The topological polar surface area (TPSA) is 83.1 Å². The van der Waals surface area contributed by atoms with Crippen molar-refractivity contribution in [2.45, 2.75) is 32.9 Å². The number of nitrogens with one attached hydrogen (secondary N) is 2. The van der Waals surface area contributed by atoms with Gasteiger partial charge in [-0.15, -0.1) is 0 Å². The van der Waals surface area contributed by atoms with Gasteiger partial charge in [-0.25, -0.2) is 9.59 Å². The summed E-state index contributed by atoms with van der Waals surface area (Å²) in [6.07, 6.45) is 0. The van der Waals surface area contributed by atoms with Crippen molar-refractivity contribution < 1.29 is 19.1 Å². The van der Waals surface area contributed by atoms with Crippen LogP contribution in [0.5, 0.6) is 0 Å². The molecular weight excluding hydrogens is 348 g/mol. The lowest BCUT2D eigenvalue weighted by Crippen LogP contribution is -2.49. The number of ether oxygens (including phenoxy) is 2. The first kappa shape index (κ1) is 19.4. The van der Waals surface area contributed by atoms with Crippen molar-refractivity contribution in [2.24, 2.45) is 0 Å². The van der Waals surface area contributed by atoms with Crippen molar-refractivity contribution in [3.8, 4) is 0 Å². The molecule has 2 N–H and O–H groups in total. The van der Waals surface area contributed by atoms with Gasteiger partial charge >= 0.3 is 12.1 Å². The van der Waals surface area contributed by atoms with Gasteiger partial charge < -0.3 is 29.9 Å². The van der Waals surface area contributed by atoms with Crippen molar-refractivity contribution in [1.29, 1.82) is 0 Å². The highest BCUT2D eigenvalue weighted by Crippen LogP contribution is 2.22. The zero-order valence-electron chi connectivity index (χ0n) is 16.2. The molecule has 2 heterocycles. The van der Waals surface area contributed by atoms with E-state index in [1.807, 2.05) is 32.9 Å². The largest absolute Gasteiger partial charge is 0.377 e. The number of hydrogen-bond donors (Lipinski definition) is 2. The van der Waals surface area contributed by atoms with Crippen molar-refractivity contribution in [3.05, 3.63) is 23.8 Å². The Morgan fingerprint density at radius 2 is 1.52 bits per heavy atom. The van der Waals surface area contributed by atoms with Gasteiger partial charge in [0.05, 0.1) is 38.5 Å². The molecule has 0 bridgehead atoms. The summed E-state index contributed by atoms with van der Waals surface area (Å²) >= 11 is 0. The molecule has 148 valence electrons. The fraction of sp³-hybridized carbons (Fsp3) is 0.579. The standard InChI is InChI=1S/C19H28N4O4/c1-13-4-5-16(20-18(24)22-6-8-26-11-14(22)2)10-17(13)21-19(25)23-7-9-27-12-15(23)3/h4-5,10,14-15H,6-9,11-12H2,1-3H3,(H,20,24)(H,21,25)/t14-,15+/m0/s1. The number of urea groups is 2. The van der Waals surface area contributed by atoms with Gasteiger partial charge in [-0.3, -0.25) is 0 Å². The van der Waals surface area contributed by atoms with Crippen LogP contribution in [0, 0.1) is 6.92 Å². The second-order valence-electron chi connectivity index (χ2n) is 7.12. The number of carbonyl (C=O) groups is 2. The molecule has 1 aromatic rings. The Balaban J connectivity index is 1.66. The molecule has 8 nitrogen and oxygen atoms in total. The van der Waals surface area contributed by atoms with Crippen molar-refractivity contribution in [1.82, 2.24) is 9.80 Å². The third-order valence-electron chi connectivity index (χ3n) is 4.99. The molecule has 0 saturated carbocycles. The van der Waals surface area contributed by atoms with E-state index in [2.05, 4.69) is 10.6 Å². The maximum atomic E-state index is 12.6. The van der Waals surface area contributed by atoms with Gasteiger partial charge in [0.1, 0.15) is 0 Å². The molecule has 2 fully saturated rings. The summed E-state index contributed by atoms with van der Waals surface area (Å²) in [7, 11) is 0. The van der Waals surface area contributed by atoms with Crippen LogP contribution >= 0.6 is 0 Å². The van der Waals surface area contributed by atoms with E-state index in [-0.39, 0.29) is 24.1 Å². The van der Waals surface area contributed by atoms with Crippen LogP contribution in [-0.2, 0) is 9.47 Å². The lowest BCUT2D eigenvalue weighted by molar-refractivity contribution is 0.0221. The predicted octanol–water partition coefficient (Wildman–Crippen LogP) is 2.50. The fourth-order valence-corrected chi connectivity index (χ4v) is 3.27. The van der Waals surface area contributed by atoms with Crippen LogP contribution in [0.4, 0.5) is 21.0 Å². The van der Waals surface area contributed by atoms with Crippen molar-refractivity contribution in [2.75, 3.05) is 50.2 Å². The molecule has 1 aromatic carbocycles. The predicted molar refractivity (Wildman–Crippen MR) is 103 cm³/mol. The number of carbonyl (C=O) groups excluding carboxylic acids is 2. The molecule has 0 aromatic heterocycles. The molecule has 0 unspecified atom stereocenters. The highest BCUT2D eigenvalue weighted by molar-refractivity contribution is 5.93. The van der Waals surface area contributed by atoms with Gasteiger partial charge in [0.2, 0.25) is 0 Å². The van der Waals surface area contributed by atoms with E-state index in [0.717, 1.165) is 5.56 Å². The number of benzene rings is 1. The third kappa shape index (κ3) is 4.70. The minimum absolute atomic E-state index is 0.0322. The molecular formula is C19H28N4O4. The number of morpholine rings is 2. The number of aryl methyl sites for hydroxylation is 1. The van der Waals surface area contributed by atoms with Crippen molar-refractivity contribution in [3.63, 3.8) is 0 Å². The van der Waals surface area contributed by atoms with E-state index in [1.54, 1.807) is 15.9 Å². The maximum Gasteiger partial charge on any atom is 0.322 e. The zero-order chi connectivity index (χ0) is 19.4.